The van der Waals surface area contributed by atoms with E-state index in [-0.39, 0.29) is 40.8 Å². The molecule has 0 atom stereocenters. The summed E-state index contributed by atoms with van der Waals surface area (Å²) in [6.45, 7) is 2.07. The van der Waals surface area contributed by atoms with Crippen LogP contribution in [0.15, 0.2) is 71.6 Å². The molecule has 2 amide bonds. The predicted molar refractivity (Wildman–Crippen MR) is 139 cm³/mol. The first-order chi connectivity index (χ1) is 17.8. The number of esters is 1. The summed E-state index contributed by atoms with van der Waals surface area (Å²) in [5.41, 5.74) is 0.967. The number of non-ortho nitro benzene ring substituents is 1. The van der Waals surface area contributed by atoms with E-state index in [0.29, 0.717) is 16.1 Å². The molecule has 0 aliphatic carbocycles. The highest BCUT2D eigenvalue weighted by Gasteiger charge is 2.35. The first-order valence-corrected chi connectivity index (χ1v) is 12.2. The fraction of sp³-hybridized carbons (Fsp3) is 0.115. The highest BCUT2D eigenvalue weighted by Crippen LogP contribution is 2.36. The molecule has 1 aliphatic rings. The van der Waals surface area contributed by atoms with Crippen molar-refractivity contribution >= 4 is 52.2 Å². The number of carbonyl (C=O) groups is 3. The van der Waals surface area contributed by atoms with Gasteiger partial charge >= 0.3 is 5.97 Å². The minimum absolute atomic E-state index is 0.00733. The van der Waals surface area contributed by atoms with E-state index < -0.39 is 22.0 Å². The van der Waals surface area contributed by atoms with E-state index in [1.165, 1.54) is 24.3 Å². The Balaban J connectivity index is 1.55. The summed E-state index contributed by atoms with van der Waals surface area (Å²) < 4.78 is 11.0. The van der Waals surface area contributed by atoms with E-state index in [1.54, 1.807) is 49.4 Å². The molecule has 0 aromatic heterocycles. The largest absolute Gasteiger partial charge is 0.490 e. The van der Waals surface area contributed by atoms with Crippen LogP contribution in [-0.2, 0) is 11.3 Å². The number of hydrogen-bond donors (Lipinski definition) is 0. The third-order valence-corrected chi connectivity index (χ3v) is 6.50. The molecule has 0 saturated carbocycles. The van der Waals surface area contributed by atoms with Crippen LogP contribution < -0.4 is 9.47 Å². The van der Waals surface area contributed by atoms with Crippen molar-refractivity contribution in [1.29, 1.82) is 0 Å². The molecule has 3 aromatic rings. The standard InChI is InChI=1S/C26H19ClN2O7S/c1-2-35-22-12-16(10-11-21(22)36-25(31)17-7-5-8-19(14-17)29(33)34)13-23-24(30)28(26(32)37-23)15-18-6-3-4-9-20(18)27/h3-14H,2,15H2,1H3/b23-13-. The van der Waals surface area contributed by atoms with Gasteiger partial charge in [-0.2, -0.15) is 0 Å². The summed E-state index contributed by atoms with van der Waals surface area (Å²) in [6, 6.07) is 16.8. The van der Waals surface area contributed by atoms with Crippen molar-refractivity contribution in [2.45, 2.75) is 13.5 Å². The fourth-order valence-corrected chi connectivity index (χ4v) is 4.49. The second kappa shape index (κ2) is 11.3. The van der Waals surface area contributed by atoms with Crippen LogP contribution in [0.5, 0.6) is 11.5 Å². The van der Waals surface area contributed by atoms with E-state index in [0.717, 1.165) is 22.7 Å². The molecule has 1 fully saturated rings. The molecule has 0 N–H and O–H groups in total. The number of carbonyl (C=O) groups excluding carboxylic acids is 3. The second-order valence-corrected chi connectivity index (χ2v) is 9.10. The first-order valence-electron chi connectivity index (χ1n) is 11.0. The number of nitro benzene ring substituents is 1. The van der Waals surface area contributed by atoms with Gasteiger partial charge in [0.1, 0.15) is 0 Å². The molecule has 0 unspecified atom stereocenters. The van der Waals surface area contributed by atoms with E-state index in [9.17, 15) is 24.5 Å². The van der Waals surface area contributed by atoms with Crippen LogP contribution in [0.2, 0.25) is 5.02 Å². The van der Waals surface area contributed by atoms with Gasteiger partial charge in [0.15, 0.2) is 11.5 Å². The lowest BCUT2D eigenvalue weighted by Gasteiger charge is -2.13. The fourth-order valence-electron chi connectivity index (χ4n) is 3.46. The van der Waals surface area contributed by atoms with Crippen molar-refractivity contribution in [3.63, 3.8) is 0 Å². The van der Waals surface area contributed by atoms with Crippen molar-refractivity contribution in [2.75, 3.05) is 6.61 Å². The summed E-state index contributed by atoms with van der Waals surface area (Å²) in [5.74, 6) is -0.917. The smallest absolute Gasteiger partial charge is 0.343 e. The van der Waals surface area contributed by atoms with Crippen molar-refractivity contribution < 1.29 is 28.8 Å². The lowest BCUT2D eigenvalue weighted by atomic mass is 10.1. The average molecular weight is 539 g/mol. The zero-order valence-corrected chi connectivity index (χ0v) is 21.0. The maximum atomic E-state index is 12.9. The summed E-state index contributed by atoms with van der Waals surface area (Å²) in [4.78, 5) is 49.7. The molecular formula is C26H19ClN2O7S. The number of halogens is 1. The van der Waals surface area contributed by atoms with Gasteiger partial charge < -0.3 is 9.47 Å². The Morgan fingerprint density at radius 2 is 1.86 bits per heavy atom. The summed E-state index contributed by atoms with van der Waals surface area (Å²) >= 11 is 6.98. The van der Waals surface area contributed by atoms with Crippen LogP contribution in [0, 0.1) is 10.1 Å². The molecule has 37 heavy (non-hydrogen) atoms. The predicted octanol–water partition coefficient (Wildman–Crippen LogP) is 6.10. The molecule has 0 radical (unpaired) electrons. The van der Waals surface area contributed by atoms with Crippen LogP contribution >= 0.6 is 23.4 Å². The van der Waals surface area contributed by atoms with Crippen LogP contribution in [0.3, 0.4) is 0 Å². The van der Waals surface area contributed by atoms with Crippen molar-refractivity contribution in [3.05, 3.63) is 103 Å². The summed E-state index contributed by atoms with van der Waals surface area (Å²) in [5, 5.41) is 11.0. The highest BCUT2D eigenvalue weighted by atomic mass is 35.5. The molecule has 9 nitrogen and oxygen atoms in total. The molecule has 11 heteroatoms. The Morgan fingerprint density at radius 3 is 2.59 bits per heavy atom. The minimum Gasteiger partial charge on any atom is -0.490 e. The third kappa shape index (κ3) is 5.99. The molecule has 1 heterocycles. The number of benzene rings is 3. The molecule has 4 rings (SSSR count). The number of nitro groups is 1. The molecule has 0 bridgehead atoms. The van der Waals surface area contributed by atoms with E-state index in [4.69, 9.17) is 21.1 Å². The Kier molecular flexibility index (Phi) is 7.90. The minimum atomic E-state index is -0.793. The van der Waals surface area contributed by atoms with Gasteiger partial charge in [-0.05, 0) is 60.2 Å². The van der Waals surface area contributed by atoms with Crippen LogP contribution in [-0.4, -0.2) is 33.5 Å². The van der Waals surface area contributed by atoms with Gasteiger partial charge in [-0.1, -0.05) is 41.9 Å². The van der Waals surface area contributed by atoms with Gasteiger partial charge in [-0.25, -0.2) is 4.79 Å². The Hall–Kier alpha value is -4.15. The van der Waals surface area contributed by atoms with E-state index in [2.05, 4.69) is 0 Å². The Morgan fingerprint density at radius 1 is 1.08 bits per heavy atom. The van der Waals surface area contributed by atoms with Gasteiger partial charge in [0, 0.05) is 17.2 Å². The number of rotatable bonds is 8. The molecule has 0 spiro atoms. The zero-order chi connectivity index (χ0) is 26.5. The lowest BCUT2D eigenvalue weighted by molar-refractivity contribution is -0.384. The van der Waals surface area contributed by atoms with Gasteiger partial charge in [-0.3, -0.25) is 24.6 Å². The first kappa shape index (κ1) is 25.9. The van der Waals surface area contributed by atoms with E-state index >= 15 is 0 Å². The van der Waals surface area contributed by atoms with Crippen LogP contribution in [0.4, 0.5) is 10.5 Å². The monoisotopic (exact) mass is 538 g/mol. The number of hydrogen-bond acceptors (Lipinski definition) is 8. The van der Waals surface area contributed by atoms with Gasteiger partial charge in [0.05, 0.1) is 28.5 Å². The lowest BCUT2D eigenvalue weighted by Crippen LogP contribution is -2.27. The van der Waals surface area contributed by atoms with Gasteiger partial charge in [0.25, 0.3) is 16.8 Å². The SMILES string of the molecule is CCOc1cc(/C=C2\SC(=O)N(Cc3ccccc3Cl)C2=O)ccc1OC(=O)c1cccc([N+](=O)[O-])c1. The van der Waals surface area contributed by atoms with Crippen molar-refractivity contribution in [2.24, 2.45) is 0 Å². The van der Waals surface area contributed by atoms with Crippen LogP contribution in [0.25, 0.3) is 6.08 Å². The Bertz CT molecular complexity index is 1440. The molecule has 188 valence electrons. The maximum Gasteiger partial charge on any atom is 0.343 e. The number of amides is 2. The molecule has 3 aromatic carbocycles. The number of imide groups is 1. The second-order valence-electron chi connectivity index (χ2n) is 7.70. The zero-order valence-electron chi connectivity index (χ0n) is 19.4. The van der Waals surface area contributed by atoms with Crippen molar-refractivity contribution in [1.82, 2.24) is 4.90 Å². The Labute approximate surface area is 220 Å². The summed E-state index contributed by atoms with van der Waals surface area (Å²) in [7, 11) is 0. The highest BCUT2D eigenvalue weighted by molar-refractivity contribution is 8.18. The average Bonchev–Trinajstić information content (AvgIpc) is 3.14. The normalized spacial score (nSPS) is 14.2. The summed E-state index contributed by atoms with van der Waals surface area (Å²) in [6.07, 6.45) is 1.55. The maximum absolute atomic E-state index is 12.9. The topological polar surface area (TPSA) is 116 Å². The molecular weight excluding hydrogens is 520 g/mol. The molecule has 1 saturated heterocycles. The van der Waals surface area contributed by atoms with E-state index in [1.807, 2.05) is 0 Å². The van der Waals surface area contributed by atoms with Crippen molar-refractivity contribution in [3.8, 4) is 11.5 Å². The number of ether oxygens (including phenoxy) is 2. The van der Waals surface area contributed by atoms with Gasteiger partial charge in [-0.15, -0.1) is 0 Å². The number of thioether (sulfide) groups is 1. The number of nitrogens with zero attached hydrogens (tertiary/aromatic N) is 2. The third-order valence-electron chi connectivity index (χ3n) is 5.22. The quantitative estimate of drug-likeness (QED) is 0.111. The van der Waals surface area contributed by atoms with Gasteiger partial charge in [0.2, 0.25) is 0 Å². The van der Waals surface area contributed by atoms with Crippen LogP contribution in [0.1, 0.15) is 28.4 Å². The molecule has 1 aliphatic heterocycles.